The lowest BCUT2D eigenvalue weighted by Crippen LogP contribution is -2.05. The Hall–Kier alpha value is -2.42. The molecule has 0 aliphatic carbocycles. The molecule has 0 amide bonds. The Morgan fingerprint density at radius 1 is 0.871 bits per heavy atom. The third-order valence-corrected chi connectivity index (χ3v) is 5.34. The number of hydrogen-bond donors (Lipinski definition) is 1. The molecule has 1 N–H and O–H groups in total. The highest BCUT2D eigenvalue weighted by Gasteiger charge is 2.32. The van der Waals surface area contributed by atoms with Crippen molar-refractivity contribution in [3.8, 4) is 0 Å². The molecule has 0 radical (unpaired) electrons. The van der Waals surface area contributed by atoms with Crippen molar-refractivity contribution in [1.82, 2.24) is 9.55 Å². The minimum atomic E-state index is -4.29. The third-order valence-electron chi connectivity index (χ3n) is 4.78. The summed E-state index contributed by atoms with van der Waals surface area (Å²) in [5, 5.41) is 1.78. The molecule has 0 aliphatic rings. The number of hydrogen-bond acceptors (Lipinski definition) is 0. The molecule has 166 valence electrons. The van der Waals surface area contributed by atoms with Crippen molar-refractivity contribution in [2.24, 2.45) is 0 Å². The molecule has 0 atom stereocenters. The van der Waals surface area contributed by atoms with E-state index in [0.717, 1.165) is 42.9 Å². The molecule has 9 heteroatoms. The van der Waals surface area contributed by atoms with Crippen LogP contribution in [0, 0.1) is 0 Å². The van der Waals surface area contributed by atoms with Crippen LogP contribution in [0.25, 0.3) is 21.8 Å². The van der Waals surface area contributed by atoms with Gasteiger partial charge in [0.05, 0.1) is 11.1 Å². The van der Waals surface area contributed by atoms with Crippen molar-refractivity contribution in [3.05, 3.63) is 72.1 Å². The van der Waals surface area contributed by atoms with Gasteiger partial charge in [0.1, 0.15) is 0 Å². The van der Waals surface area contributed by atoms with E-state index in [9.17, 15) is 26.3 Å². The van der Waals surface area contributed by atoms with Crippen LogP contribution in [0.5, 0.6) is 0 Å². The summed E-state index contributed by atoms with van der Waals surface area (Å²) in [7, 11) is 0. The molecule has 2 nitrogen and oxygen atoms in total. The van der Waals surface area contributed by atoms with Gasteiger partial charge in [0.15, 0.2) is 0 Å². The normalized spacial score (nSPS) is 12.2. The van der Waals surface area contributed by atoms with Crippen molar-refractivity contribution < 1.29 is 26.3 Å². The topological polar surface area (TPSA) is 20.7 Å². The lowest BCUT2D eigenvalue weighted by molar-refractivity contribution is -0.137. The Morgan fingerprint density at radius 3 is 2.32 bits per heavy atom. The molecule has 2 heterocycles. The highest BCUT2D eigenvalue weighted by molar-refractivity contribution is 9.09. The van der Waals surface area contributed by atoms with E-state index in [4.69, 9.17) is 0 Å². The largest absolute Gasteiger partial charge is 0.417 e. The van der Waals surface area contributed by atoms with Crippen LogP contribution in [0.1, 0.15) is 24.0 Å². The molecule has 0 spiro atoms. The fourth-order valence-corrected chi connectivity index (χ4v) is 3.67. The van der Waals surface area contributed by atoms with Crippen LogP contribution in [-0.4, -0.2) is 14.9 Å². The Kier molecular flexibility index (Phi) is 7.03. The molecule has 0 saturated heterocycles. The summed E-state index contributed by atoms with van der Waals surface area (Å²) in [5.41, 5.74) is 0.200. The molecule has 2 aromatic carbocycles. The number of benzene rings is 2. The standard InChI is InChI=1S/C13H13BrF3N.C9H6F3N/c14-7-1-2-8-18-9-6-10-11(13(15,16)17)4-3-5-12(10)18;10-9(11,12)7-1-2-8-6(5-7)3-4-13-8/h3-6,9H,1-2,7-8H2;1-5,13H. The maximum absolute atomic E-state index is 12.8. The number of unbranched alkanes of at least 4 members (excludes halogenated alkanes) is 1. The van der Waals surface area contributed by atoms with E-state index >= 15 is 0 Å². The van der Waals surface area contributed by atoms with Crippen LogP contribution in [0.3, 0.4) is 0 Å². The van der Waals surface area contributed by atoms with Gasteiger partial charge in [-0.2, -0.15) is 26.3 Å². The second-order valence-electron chi connectivity index (χ2n) is 6.92. The van der Waals surface area contributed by atoms with Gasteiger partial charge in [0.25, 0.3) is 0 Å². The fraction of sp³-hybridized carbons (Fsp3) is 0.273. The lowest BCUT2D eigenvalue weighted by atomic mass is 10.1. The second kappa shape index (κ2) is 9.38. The number of nitrogens with zero attached hydrogens (tertiary/aromatic N) is 1. The quantitative estimate of drug-likeness (QED) is 0.165. The molecule has 0 unspecified atom stereocenters. The lowest BCUT2D eigenvalue weighted by Gasteiger charge is -2.09. The van der Waals surface area contributed by atoms with Crippen LogP contribution in [0.15, 0.2) is 60.9 Å². The van der Waals surface area contributed by atoms with Crippen molar-refractivity contribution in [1.29, 1.82) is 0 Å². The van der Waals surface area contributed by atoms with E-state index in [1.807, 2.05) is 4.57 Å². The first kappa shape index (κ1) is 23.2. The van der Waals surface area contributed by atoms with E-state index < -0.39 is 23.5 Å². The summed E-state index contributed by atoms with van der Waals surface area (Å²) < 4.78 is 77.0. The van der Waals surface area contributed by atoms with Gasteiger partial charge in [-0.3, -0.25) is 0 Å². The summed E-state index contributed by atoms with van der Waals surface area (Å²) in [4.78, 5) is 2.83. The first-order valence-corrected chi connectivity index (χ1v) is 10.6. The first-order valence-electron chi connectivity index (χ1n) is 9.46. The Balaban J connectivity index is 0.000000185. The fourth-order valence-electron chi connectivity index (χ4n) is 3.27. The van der Waals surface area contributed by atoms with Crippen LogP contribution in [0.2, 0.25) is 0 Å². The van der Waals surface area contributed by atoms with E-state index in [0.29, 0.717) is 16.4 Å². The molecular formula is C22H19BrF6N2. The smallest absolute Gasteiger partial charge is 0.361 e. The van der Waals surface area contributed by atoms with Gasteiger partial charge >= 0.3 is 12.4 Å². The highest BCUT2D eigenvalue weighted by Crippen LogP contribution is 2.35. The number of fused-ring (bicyclic) bond motifs is 2. The van der Waals surface area contributed by atoms with Crippen molar-refractivity contribution in [2.45, 2.75) is 31.7 Å². The molecule has 0 fully saturated rings. The summed E-state index contributed by atoms with van der Waals surface area (Å²) >= 11 is 3.34. The van der Waals surface area contributed by atoms with Gasteiger partial charge in [0.2, 0.25) is 0 Å². The maximum Gasteiger partial charge on any atom is 0.417 e. The van der Waals surface area contributed by atoms with Crippen molar-refractivity contribution >= 4 is 37.7 Å². The summed E-state index contributed by atoms with van der Waals surface area (Å²) in [6.07, 6.45) is -3.24. The second-order valence-corrected chi connectivity index (χ2v) is 7.71. The number of halogens is 7. The number of aryl methyl sites for hydroxylation is 1. The summed E-state index contributed by atoms with van der Waals surface area (Å²) in [5.74, 6) is 0. The zero-order chi connectivity index (χ0) is 22.6. The monoisotopic (exact) mass is 504 g/mol. The Labute approximate surface area is 183 Å². The van der Waals surface area contributed by atoms with Crippen LogP contribution < -0.4 is 0 Å². The van der Waals surface area contributed by atoms with Crippen molar-refractivity contribution in [2.75, 3.05) is 5.33 Å². The van der Waals surface area contributed by atoms with Gasteiger partial charge in [-0.15, -0.1) is 0 Å². The summed E-state index contributed by atoms with van der Waals surface area (Å²) in [6.45, 7) is 0.746. The molecule has 0 aliphatic heterocycles. The number of H-pyrrole nitrogens is 1. The number of aromatic nitrogens is 2. The Morgan fingerprint density at radius 2 is 1.65 bits per heavy atom. The molecule has 4 aromatic rings. The van der Waals surface area contributed by atoms with Gasteiger partial charge in [-0.25, -0.2) is 0 Å². The van der Waals surface area contributed by atoms with Crippen LogP contribution >= 0.6 is 15.9 Å². The van der Waals surface area contributed by atoms with E-state index in [-0.39, 0.29) is 5.39 Å². The van der Waals surface area contributed by atoms with Gasteiger partial charge in [-0.05, 0) is 60.7 Å². The van der Waals surface area contributed by atoms with Crippen LogP contribution in [-0.2, 0) is 18.9 Å². The minimum Gasteiger partial charge on any atom is -0.361 e. The van der Waals surface area contributed by atoms with E-state index in [2.05, 4.69) is 20.9 Å². The van der Waals surface area contributed by atoms with Crippen molar-refractivity contribution in [3.63, 3.8) is 0 Å². The SMILES string of the molecule is FC(F)(F)c1ccc2[nH]ccc2c1.FC(F)(F)c1cccc2c1ccn2CCCCBr. The zero-order valence-electron chi connectivity index (χ0n) is 16.2. The predicted octanol–water partition coefficient (Wildman–Crippen LogP) is 8.02. The Bertz CT molecular complexity index is 1140. The van der Waals surface area contributed by atoms with E-state index in [1.54, 1.807) is 30.6 Å². The predicted molar refractivity (Wildman–Crippen MR) is 113 cm³/mol. The summed E-state index contributed by atoms with van der Waals surface area (Å²) in [6, 6.07) is 11.1. The molecular weight excluding hydrogens is 486 g/mol. The van der Waals surface area contributed by atoms with Crippen LogP contribution in [0.4, 0.5) is 26.3 Å². The molecule has 2 aromatic heterocycles. The number of aromatic amines is 1. The third kappa shape index (κ3) is 5.64. The van der Waals surface area contributed by atoms with Gasteiger partial charge in [0, 0.05) is 40.7 Å². The maximum atomic E-state index is 12.8. The minimum absolute atomic E-state index is 0.281. The number of alkyl halides is 7. The highest BCUT2D eigenvalue weighted by atomic mass is 79.9. The average molecular weight is 505 g/mol. The van der Waals surface area contributed by atoms with E-state index in [1.165, 1.54) is 12.1 Å². The zero-order valence-corrected chi connectivity index (χ0v) is 17.8. The molecule has 31 heavy (non-hydrogen) atoms. The molecule has 4 rings (SSSR count). The first-order chi connectivity index (χ1) is 14.6. The number of rotatable bonds is 4. The van der Waals surface area contributed by atoms with Gasteiger partial charge < -0.3 is 9.55 Å². The molecule has 0 saturated carbocycles. The molecule has 0 bridgehead atoms. The number of nitrogens with one attached hydrogen (secondary N) is 1. The van der Waals surface area contributed by atoms with Gasteiger partial charge in [-0.1, -0.05) is 22.0 Å². The average Bonchev–Trinajstić information content (AvgIpc) is 3.33.